The molecule has 22 heavy (non-hydrogen) atoms. The molecular weight excluding hydrogens is 298 g/mol. The van der Waals surface area contributed by atoms with E-state index in [4.69, 9.17) is 5.84 Å². The molecule has 2 heterocycles. The topological polar surface area (TPSA) is 83.3 Å². The predicted octanol–water partition coefficient (Wildman–Crippen LogP) is 1.63. The molecule has 1 amide bonds. The Labute approximate surface area is 133 Å². The number of aromatic nitrogens is 1. The van der Waals surface area contributed by atoms with Gasteiger partial charge in [-0.3, -0.25) is 10.6 Å². The van der Waals surface area contributed by atoms with Gasteiger partial charge in [-0.1, -0.05) is 30.3 Å². The zero-order valence-electron chi connectivity index (χ0n) is 12.2. The molecule has 1 fully saturated rings. The summed E-state index contributed by atoms with van der Waals surface area (Å²) in [5, 5.41) is 5.85. The number of rotatable bonds is 5. The molecule has 1 atom stereocenters. The van der Waals surface area contributed by atoms with Crippen molar-refractivity contribution in [3.8, 4) is 11.3 Å². The Morgan fingerprint density at radius 1 is 1.41 bits per heavy atom. The molecular formula is C15H19N5OS. The molecule has 6 nitrogen and oxygen atoms in total. The molecule has 0 saturated carbocycles. The third-order valence-corrected chi connectivity index (χ3v) is 4.53. The third-order valence-electron chi connectivity index (χ3n) is 3.73. The molecule has 4 N–H and O–H groups in total. The lowest BCUT2D eigenvalue weighted by molar-refractivity contribution is -0.130. The number of hydrogen-bond donors (Lipinski definition) is 3. The van der Waals surface area contributed by atoms with Crippen molar-refractivity contribution in [3.05, 3.63) is 35.7 Å². The number of nitrogens with two attached hydrogens (primary N) is 1. The molecule has 1 aromatic carbocycles. The molecule has 7 heteroatoms. The van der Waals surface area contributed by atoms with E-state index in [2.05, 4.69) is 15.7 Å². The second-order valence-corrected chi connectivity index (χ2v) is 6.03. The number of hydrazine groups is 1. The van der Waals surface area contributed by atoms with E-state index >= 15 is 0 Å². The second-order valence-electron chi connectivity index (χ2n) is 5.17. The van der Waals surface area contributed by atoms with E-state index in [0.29, 0.717) is 0 Å². The quantitative estimate of drug-likeness (QED) is 0.577. The van der Waals surface area contributed by atoms with Crippen LogP contribution in [-0.4, -0.2) is 35.0 Å². The lowest BCUT2D eigenvalue weighted by Crippen LogP contribution is -2.49. The van der Waals surface area contributed by atoms with Crippen molar-refractivity contribution in [2.24, 2.45) is 5.84 Å². The van der Waals surface area contributed by atoms with E-state index in [0.717, 1.165) is 35.8 Å². The lowest BCUT2D eigenvalue weighted by Gasteiger charge is -2.23. The van der Waals surface area contributed by atoms with E-state index in [1.807, 2.05) is 35.7 Å². The first-order chi connectivity index (χ1) is 10.8. The Kier molecular flexibility index (Phi) is 4.67. The Morgan fingerprint density at radius 2 is 2.23 bits per heavy atom. The van der Waals surface area contributed by atoms with Crippen LogP contribution in [0.3, 0.4) is 0 Å². The van der Waals surface area contributed by atoms with Crippen LogP contribution in [0, 0.1) is 0 Å². The monoisotopic (exact) mass is 317 g/mol. The number of nitrogens with zero attached hydrogens (tertiary/aromatic N) is 2. The van der Waals surface area contributed by atoms with Crippen LogP contribution in [0.5, 0.6) is 0 Å². The van der Waals surface area contributed by atoms with Crippen molar-refractivity contribution in [2.75, 3.05) is 18.4 Å². The van der Waals surface area contributed by atoms with Gasteiger partial charge in [-0.25, -0.2) is 10.4 Å². The number of anilines is 1. The largest absolute Gasteiger partial charge is 0.352 e. The van der Waals surface area contributed by atoms with Crippen LogP contribution in [0.15, 0.2) is 35.7 Å². The third kappa shape index (κ3) is 3.27. The van der Waals surface area contributed by atoms with Crippen LogP contribution in [0.1, 0.15) is 12.8 Å². The summed E-state index contributed by atoms with van der Waals surface area (Å²) in [5.74, 6) is 5.50. The van der Waals surface area contributed by atoms with Gasteiger partial charge in [0.05, 0.1) is 18.4 Å². The van der Waals surface area contributed by atoms with E-state index in [9.17, 15) is 4.79 Å². The molecule has 116 valence electrons. The summed E-state index contributed by atoms with van der Waals surface area (Å²) in [6, 6.07) is 9.99. The summed E-state index contributed by atoms with van der Waals surface area (Å²) in [4.78, 5) is 18.5. The highest BCUT2D eigenvalue weighted by Crippen LogP contribution is 2.24. The number of nitrogens with one attached hydrogen (secondary N) is 2. The van der Waals surface area contributed by atoms with Crippen LogP contribution >= 0.6 is 11.3 Å². The highest BCUT2D eigenvalue weighted by molar-refractivity contribution is 7.14. The maximum Gasteiger partial charge on any atom is 0.243 e. The summed E-state index contributed by atoms with van der Waals surface area (Å²) in [6.07, 6.45) is 1.83. The molecule has 3 rings (SSSR count). The molecule has 1 saturated heterocycles. The highest BCUT2D eigenvalue weighted by Gasteiger charge is 2.27. The zero-order valence-corrected chi connectivity index (χ0v) is 13.0. The number of carbonyl (C=O) groups excluding carboxylic acids is 1. The first-order valence-electron chi connectivity index (χ1n) is 7.28. The second kappa shape index (κ2) is 6.87. The smallest absolute Gasteiger partial charge is 0.243 e. The summed E-state index contributed by atoms with van der Waals surface area (Å²) in [7, 11) is 0. The molecule has 1 aliphatic rings. The molecule has 1 unspecified atom stereocenters. The van der Waals surface area contributed by atoms with Crippen molar-refractivity contribution < 1.29 is 4.79 Å². The van der Waals surface area contributed by atoms with Gasteiger partial charge in [-0.2, -0.15) is 0 Å². The number of benzene rings is 1. The van der Waals surface area contributed by atoms with Gasteiger partial charge in [-0.05, 0) is 12.8 Å². The molecule has 0 bridgehead atoms. The molecule has 0 aliphatic carbocycles. The number of likely N-dealkylation sites (tertiary alicyclic amines) is 1. The van der Waals surface area contributed by atoms with Gasteiger partial charge in [0.1, 0.15) is 0 Å². The summed E-state index contributed by atoms with van der Waals surface area (Å²) in [5.41, 5.74) is 4.68. The Balaban J connectivity index is 1.58. The van der Waals surface area contributed by atoms with Crippen molar-refractivity contribution >= 4 is 22.4 Å². The van der Waals surface area contributed by atoms with Crippen molar-refractivity contribution in [3.63, 3.8) is 0 Å². The maximum atomic E-state index is 12.2. The predicted molar refractivity (Wildman–Crippen MR) is 88.1 cm³/mol. The minimum atomic E-state index is -0.0505. The maximum absolute atomic E-state index is 12.2. The minimum Gasteiger partial charge on any atom is -0.352 e. The van der Waals surface area contributed by atoms with E-state index in [-0.39, 0.29) is 18.6 Å². The molecule has 0 radical (unpaired) electrons. The van der Waals surface area contributed by atoms with Gasteiger partial charge in [0.15, 0.2) is 5.13 Å². The zero-order chi connectivity index (χ0) is 15.4. The Hall–Kier alpha value is -1.96. The van der Waals surface area contributed by atoms with Crippen molar-refractivity contribution in [1.29, 1.82) is 0 Å². The fourth-order valence-corrected chi connectivity index (χ4v) is 3.31. The van der Waals surface area contributed by atoms with Gasteiger partial charge >= 0.3 is 0 Å². The normalized spacial score (nSPS) is 17.7. The highest BCUT2D eigenvalue weighted by atomic mass is 32.1. The standard InChI is InChI=1S/C15H19N5OS/c16-19-13-7-4-8-20(13)14(21)9-17-15-18-12(10-22-15)11-5-2-1-3-6-11/h1-3,5-6,10,13,19H,4,7-9,16H2,(H,17,18). The van der Waals surface area contributed by atoms with Crippen molar-refractivity contribution in [1.82, 2.24) is 15.3 Å². The summed E-state index contributed by atoms with van der Waals surface area (Å²) in [6.45, 7) is 0.989. The van der Waals surface area contributed by atoms with Crippen molar-refractivity contribution in [2.45, 2.75) is 19.0 Å². The number of amides is 1. The van der Waals surface area contributed by atoms with E-state index in [1.165, 1.54) is 11.3 Å². The van der Waals surface area contributed by atoms with Gasteiger partial charge in [0.25, 0.3) is 0 Å². The minimum absolute atomic E-state index is 0.0388. The first-order valence-corrected chi connectivity index (χ1v) is 8.16. The lowest BCUT2D eigenvalue weighted by atomic mass is 10.2. The van der Waals surface area contributed by atoms with Crippen LogP contribution in [0.25, 0.3) is 11.3 Å². The molecule has 0 spiro atoms. The van der Waals surface area contributed by atoms with Gasteiger partial charge in [0, 0.05) is 17.5 Å². The summed E-state index contributed by atoms with van der Waals surface area (Å²) >= 11 is 1.50. The Morgan fingerprint density at radius 3 is 3.00 bits per heavy atom. The average molecular weight is 317 g/mol. The average Bonchev–Trinajstić information content (AvgIpc) is 3.22. The van der Waals surface area contributed by atoms with Crippen LogP contribution in [0.2, 0.25) is 0 Å². The van der Waals surface area contributed by atoms with Crippen LogP contribution < -0.4 is 16.6 Å². The van der Waals surface area contributed by atoms with E-state index < -0.39 is 0 Å². The fourth-order valence-electron chi connectivity index (χ4n) is 2.59. The first kappa shape index (κ1) is 15.0. The van der Waals surface area contributed by atoms with Gasteiger partial charge in [0.2, 0.25) is 5.91 Å². The Bertz CT molecular complexity index is 630. The number of hydrogen-bond acceptors (Lipinski definition) is 6. The van der Waals surface area contributed by atoms with Crippen LogP contribution in [-0.2, 0) is 4.79 Å². The van der Waals surface area contributed by atoms with E-state index in [1.54, 1.807) is 4.90 Å². The SMILES string of the molecule is NNC1CCCN1C(=O)CNc1nc(-c2ccccc2)cs1. The van der Waals surface area contributed by atoms with Crippen LogP contribution in [0.4, 0.5) is 5.13 Å². The fraction of sp³-hybridized carbons (Fsp3) is 0.333. The van der Waals surface area contributed by atoms with Gasteiger partial charge in [-0.15, -0.1) is 11.3 Å². The number of thiazole rings is 1. The summed E-state index contributed by atoms with van der Waals surface area (Å²) < 4.78 is 0. The molecule has 1 aliphatic heterocycles. The molecule has 2 aromatic rings. The van der Waals surface area contributed by atoms with Gasteiger partial charge < -0.3 is 10.2 Å². The number of carbonyl (C=O) groups is 1. The molecule has 1 aromatic heterocycles.